The normalized spacial score (nSPS) is 14.7. The quantitative estimate of drug-likeness (QED) is 0.258. The number of nitrogens with zero attached hydrogens (tertiary/aromatic N) is 3. The molecule has 12 nitrogen and oxygen atoms in total. The first kappa shape index (κ1) is 25.6. The van der Waals surface area contributed by atoms with Gasteiger partial charge in [-0.05, 0) is 43.1 Å². The van der Waals surface area contributed by atoms with Crippen LogP contribution in [0, 0.1) is 6.92 Å². The Morgan fingerprint density at radius 1 is 1.17 bits per heavy atom. The van der Waals surface area contributed by atoms with E-state index in [0.29, 0.717) is 30.8 Å². The highest BCUT2D eigenvalue weighted by atomic mass is 32.2. The number of hydrogen-bond donors (Lipinski definition) is 5. The summed E-state index contributed by atoms with van der Waals surface area (Å²) >= 11 is 0. The van der Waals surface area contributed by atoms with Crippen LogP contribution in [0.2, 0.25) is 0 Å². The average molecular weight is 517 g/mol. The van der Waals surface area contributed by atoms with E-state index in [4.69, 9.17) is 10.5 Å². The van der Waals surface area contributed by atoms with Gasteiger partial charge in [-0.2, -0.15) is 5.10 Å². The molecule has 0 bridgehead atoms. The summed E-state index contributed by atoms with van der Waals surface area (Å²) in [4.78, 5) is 17.2. The van der Waals surface area contributed by atoms with E-state index >= 15 is 0 Å². The molecule has 2 heterocycles. The van der Waals surface area contributed by atoms with Gasteiger partial charge in [0.25, 0.3) is 5.91 Å². The molecule has 0 aliphatic carbocycles. The van der Waals surface area contributed by atoms with Crippen molar-refractivity contribution < 1.29 is 28.2 Å². The Hall–Kier alpha value is -3.52. The molecule has 1 aliphatic rings. The molecule has 1 saturated heterocycles. The summed E-state index contributed by atoms with van der Waals surface area (Å²) in [6.07, 6.45) is 0.593. The fraction of sp³-hybridized carbons (Fsp3) is 0.348. The van der Waals surface area contributed by atoms with Gasteiger partial charge in [0.15, 0.2) is 5.82 Å². The lowest BCUT2D eigenvalue weighted by Gasteiger charge is -2.26. The van der Waals surface area contributed by atoms with Gasteiger partial charge in [-0.15, -0.1) is 0 Å². The topological polar surface area (TPSA) is 184 Å². The van der Waals surface area contributed by atoms with Crippen LogP contribution >= 0.6 is 0 Å². The largest absolute Gasteiger partial charge is 0.507 e. The zero-order chi connectivity index (χ0) is 25.9. The van der Waals surface area contributed by atoms with Gasteiger partial charge >= 0.3 is 0 Å². The minimum absolute atomic E-state index is 0.104. The van der Waals surface area contributed by atoms with Crippen LogP contribution in [0.25, 0.3) is 22.5 Å². The van der Waals surface area contributed by atoms with Crippen molar-refractivity contribution in [2.24, 2.45) is 5.73 Å². The first-order valence-electron chi connectivity index (χ1n) is 11.3. The maximum atomic E-state index is 13.0. The summed E-state index contributed by atoms with van der Waals surface area (Å²) in [5.41, 5.74) is 7.16. The van der Waals surface area contributed by atoms with E-state index in [2.05, 4.69) is 24.8 Å². The molecule has 1 fully saturated rings. The number of phenols is 2. The van der Waals surface area contributed by atoms with Gasteiger partial charge < -0.3 is 20.7 Å². The van der Waals surface area contributed by atoms with Crippen LogP contribution in [-0.2, 0) is 14.8 Å². The SMILES string of the molecule is Cc1ccc(-c2n[nH]c(C(N)=O)n2)cc1-c1cc(S(=O)(=O)NCCCN2CCOCC2)c(O)cc1O. The molecule has 1 aromatic heterocycles. The zero-order valence-corrected chi connectivity index (χ0v) is 20.5. The molecule has 4 rings (SSSR count). The second kappa shape index (κ2) is 10.6. The summed E-state index contributed by atoms with van der Waals surface area (Å²) in [5.74, 6) is -1.52. The number of hydrogen-bond acceptors (Lipinski definition) is 9. The van der Waals surface area contributed by atoms with E-state index in [9.17, 15) is 23.4 Å². The van der Waals surface area contributed by atoms with Crippen LogP contribution in [0.15, 0.2) is 35.2 Å². The number of H-pyrrole nitrogens is 1. The molecule has 3 aromatic rings. The second-order valence-corrected chi connectivity index (χ2v) is 10.2. The number of nitrogens with one attached hydrogen (secondary N) is 2. The molecule has 192 valence electrons. The number of aromatic amines is 1. The number of aromatic nitrogens is 3. The van der Waals surface area contributed by atoms with E-state index < -0.39 is 21.7 Å². The number of carbonyl (C=O) groups excluding carboxylic acids is 1. The van der Waals surface area contributed by atoms with E-state index in [1.807, 2.05) is 0 Å². The molecule has 1 amide bonds. The van der Waals surface area contributed by atoms with Gasteiger partial charge in [0.2, 0.25) is 15.8 Å². The Labute approximate surface area is 208 Å². The number of aromatic hydroxyl groups is 2. The van der Waals surface area contributed by atoms with E-state index in [-0.39, 0.29) is 34.4 Å². The smallest absolute Gasteiger partial charge is 0.286 e. The van der Waals surface area contributed by atoms with Crippen LogP contribution < -0.4 is 10.5 Å². The van der Waals surface area contributed by atoms with Crippen molar-refractivity contribution in [1.29, 1.82) is 0 Å². The summed E-state index contributed by atoms with van der Waals surface area (Å²) in [5, 5.41) is 27.4. The molecule has 0 radical (unpaired) electrons. The number of primary amides is 1. The summed E-state index contributed by atoms with van der Waals surface area (Å²) in [7, 11) is -4.06. The maximum absolute atomic E-state index is 13.0. The average Bonchev–Trinajstić information content (AvgIpc) is 3.34. The number of sulfonamides is 1. The van der Waals surface area contributed by atoms with Gasteiger partial charge in [0.1, 0.15) is 16.4 Å². The van der Waals surface area contributed by atoms with Gasteiger partial charge in [0, 0.05) is 36.8 Å². The predicted molar refractivity (Wildman–Crippen MR) is 131 cm³/mol. The highest BCUT2D eigenvalue weighted by Crippen LogP contribution is 2.39. The summed E-state index contributed by atoms with van der Waals surface area (Å²) in [6.45, 7) is 5.66. The van der Waals surface area contributed by atoms with Crippen LogP contribution in [-0.4, -0.2) is 84.0 Å². The number of rotatable bonds is 9. The van der Waals surface area contributed by atoms with Crippen molar-refractivity contribution in [1.82, 2.24) is 24.8 Å². The number of amides is 1. The lowest BCUT2D eigenvalue weighted by Crippen LogP contribution is -2.38. The third kappa shape index (κ3) is 5.65. The molecular formula is C23H28N6O6S. The molecule has 0 unspecified atom stereocenters. The lowest BCUT2D eigenvalue weighted by atomic mass is 9.97. The minimum Gasteiger partial charge on any atom is -0.507 e. The van der Waals surface area contributed by atoms with Crippen molar-refractivity contribution >= 4 is 15.9 Å². The highest BCUT2D eigenvalue weighted by Gasteiger charge is 2.23. The van der Waals surface area contributed by atoms with E-state index in [1.165, 1.54) is 6.07 Å². The molecule has 36 heavy (non-hydrogen) atoms. The van der Waals surface area contributed by atoms with E-state index in [1.54, 1.807) is 25.1 Å². The fourth-order valence-electron chi connectivity index (χ4n) is 3.95. The maximum Gasteiger partial charge on any atom is 0.286 e. The number of carbonyl (C=O) groups is 1. The van der Waals surface area contributed by atoms with Gasteiger partial charge in [-0.25, -0.2) is 18.1 Å². The van der Waals surface area contributed by atoms with Crippen molar-refractivity contribution in [3.63, 3.8) is 0 Å². The van der Waals surface area contributed by atoms with Crippen LogP contribution in [0.4, 0.5) is 0 Å². The van der Waals surface area contributed by atoms with E-state index in [0.717, 1.165) is 31.3 Å². The zero-order valence-electron chi connectivity index (χ0n) is 19.7. The molecule has 13 heteroatoms. The minimum atomic E-state index is -4.06. The molecule has 0 spiro atoms. The predicted octanol–water partition coefficient (Wildman–Crippen LogP) is 0.958. The van der Waals surface area contributed by atoms with Gasteiger partial charge in [0.05, 0.1) is 13.2 Å². The van der Waals surface area contributed by atoms with Crippen LogP contribution in [0.1, 0.15) is 22.6 Å². The van der Waals surface area contributed by atoms with Gasteiger partial charge in [-0.3, -0.25) is 14.8 Å². The molecule has 1 aliphatic heterocycles. The van der Waals surface area contributed by atoms with Crippen molar-refractivity contribution in [3.05, 3.63) is 41.7 Å². The Kier molecular flexibility index (Phi) is 7.54. The second-order valence-electron chi connectivity index (χ2n) is 8.44. The summed E-state index contributed by atoms with van der Waals surface area (Å²) < 4.78 is 33.8. The van der Waals surface area contributed by atoms with Crippen LogP contribution in [0.5, 0.6) is 11.5 Å². The fourth-order valence-corrected chi connectivity index (χ4v) is 5.13. The Morgan fingerprint density at radius 2 is 1.92 bits per heavy atom. The van der Waals surface area contributed by atoms with Crippen molar-refractivity contribution in [2.75, 3.05) is 39.4 Å². The Balaban J connectivity index is 1.58. The highest BCUT2D eigenvalue weighted by molar-refractivity contribution is 7.89. The van der Waals surface area contributed by atoms with Crippen molar-refractivity contribution in [3.8, 4) is 34.0 Å². The van der Waals surface area contributed by atoms with Crippen molar-refractivity contribution in [2.45, 2.75) is 18.2 Å². The first-order valence-corrected chi connectivity index (χ1v) is 12.8. The number of nitrogens with two attached hydrogens (primary N) is 1. The molecule has 6 N–H and O–H groups in total. The molecule has 2 aromatic carbocycles. The molecular weight excluding hydrogens is 488 g/mol. The Bertz CT molecular complexity index is 1370. The Morgan fingerprint density at radius 3 is 2.61 bits per heavy atom. The standard InChI is InChI=1S/C23H28N6O6S/c1-14-3-4-15(22-26-23(21(24)32)28-27-22)11-16(14)17-12-20(19(31)13-18(17)30)36(33,34)25-5-2-6-29-7-9-35-10-8-29/h3-4,11-13,25,30-31H,2,5-10H2,1H3,(H2,24,32)(H,26,27,28). The molecule has 0 atom stereocenters. The summed E-state index contributed by atoms with van der Waals surface area (Å²) in [6, 6.07) is 7.35. The van der Waals surface area contributed by atoms with Crippen LogP contribution in [0.3, 0.4) is 0 Å². The number of ether oxygens (including phenoxy) is 1. The number of morpholine rings is 1. The monoisotopic (exact) mass is 516 g/mol. The number of aryl methyl sites for hydroxylation is 1. The lowest BCUT2D eigenvalue weighted by molar-refractivity contribution is 0.0376. The van der Waals surface area contributed by atoms with Gasteiger partial charge in [-0.1, -0.05) is 12.1 Å². The number of benzene rings is 2. The third-order valence-electron chi connectivity index (χ3n) is 5.92. The third-order valence-corrected chi connectivity index (χ3v) is 7.41. The first-order chi connectivity index (χ1) is 17.2. The number of phenolic OH excluding ortho intramolecular Hbond substituents is 2. The molecule has 0 saturated carbocycles.